The number of benzene rings is 3. The van der Waals surface area contributed by atoms with Crippen LogP contribution in [0.2, 0.25) is 0 Å². The summed E-state index contributed by atoms with van der Waals surface area (Å²) in [5.41, 5.74) is 4.63. The molecule has 1 aliphatic heterocycles. The van der Waals surface area contributed by atoms with E-state index in [0.717, 1.165) is 17.0 Å². The molecule has 2 heterocycles. The van der Waals surface area contributed by atoms with Gasteiger partial charge in [-0.1, -0.05) is 48.5 Å². The average molecular weight is 508 g/mol. The van der Waals surface area contributed by atoms with Crippen LogP contribution in [0.25, 0.3) is 0 Å². The number of rotatable bonds is 7. The molecule has 0 spiro atoms. The van der Waals surface area contributed by atoms with Gasteiger partial charge in [-0.2, -0.15) is 0 Å². The first kappa shape index (κ1) is 25.0. The Morgan fingerprint density at radius 3 is 2.45 bits per heavy atom. The van der Waals surface area contributed by atoms with Crippen molar-refractivity contribution in [1.82, 2.24) is 15.3 Å². The molecule has 0 bridgehead atoms. The maximum Gasteiger partial charge on any atom is 0.262 e. The van der Waals surface area contributed by atoms with Crippen LogP contribution in [-0.2, 0) is 11.2 Å². The number of amides is 2. The van der Waals surface area contributed by atoms with E-state index in [9.17, 15) is 9.59 Å². The highest BCUT2D eigenvalue weighted by atomic mass is 16.5. The van der Waals surface area contributed by atoms with Crippen LogP contribution in [-0.4, -0.2) is 41.0 Å². The third kappa shape index (κ3) is 5.81. The van der Waals surface area contributed by atoms with Crippen molar-refractivity contribution in [2.24, 2.45) is 0 Å². The van der Waals surface area contributed by atoms with Crippen molar-refractivity contribution in [2.75, 3.05) is 23.3 Å². The van der Waals surface area contributed by atoms with Crippen LogP contribution in [0.1, 0.15) is 27.3 Å². The highest BCUT2D eigenvalue weighted by Gasteiger charge is 2.34. The van der Waals surface area contributed by atoms with Crippen molar-refractivity contribution >= 4 is 29.1 Å². The minimum Gasteiger partial charge on any atom is -0.477 e. The molecule has 5 rings (SSSR count). The number of anilines is 3. The molecular weight excluding hydrogens is 478 g/mol. The third-order valence-electron chi connectivity index (χ3n) is 6.21. The van der Waals surface area contributed by atoms with Crippen LogP contribution < -0.4 is 20.3 Å². The van der Waals surface area contributed by atoms with Gasteiger partial charge in [0.05, 0.1) is 12.2 Å². The van der Waals surface area contributed by atoms with Crippen molar-refractivity contribution < 1.29 is 14.3 Å². The van der Waals surface area contributed by atoms with E-state index in [1.165, 1.54) is 0 Å². The predicted molar refractivity (Wildman–Crippen MR) is 147 cm³/mol. The average Bonchev–Trinajstić information content (AvgIpc) is 2.92. The zero-order valence-electron chi connectivity index (χ0n) is 21.3. The fourth-order valence-corrected chi connectivity index (χ4v) is 4.45. The van der Waals surface area contributed by atoms with Gasteiger partial charge in [0, 0.05) is 29.2 Å². The second kappa shape index (κ2) is 11.1. The molecule has 0 unspecified atom stereocenters. The molecule has 8 heteroatoms. The first-order valence-electron chi connectivity index (χ1n) is 12.5. The standard InChI is InChI=1S/C30H29N5O3/c1-20-17-21(2)33-30(32-20)34-24-12-8-11-23(18-24)29(37)35-19-27(38-26-14-7-6-13-25(26)35)28(36)31-16-15-22-9-4-3-5-10-22/h3-14,17-18,27H,15-16,19H2,1-2H3,(H,31,36)(H,32,33,34)/t27-/m0/s1. The number of hydrogen-bond acceptors (Lipinski definition) is 6. The van der Waals surface area contributed by atoms with Gasteiger partial charge in [0.2, 0.25) is 5.95 Å². The normalized spacial score (nSPS) is 14.3. The van der Waals surface area contributed by atoms with Crippen LogP contribution in [0.3, 0.4) is 0 Å². The maximum absolute atomic E-state index is 13.7. The van der Waals surface area contributed by atoms with Gasteiger partial charge in [-0.25, -0.2) is 9.97 Å². The molecule has 0 saturated heterocycles. The molecule has 8 nitrogen and oxygen atoms in total. The molecule has 38 heavy (non-hydrogen) atoms. The third-order valence-corrected chi connectivity index (χ3v) is 6.21. The maximum atomic E-state index is 13.7. The van der Waals surface area contributed by atoms with E-state index in [1.54, 1.807) is 29.2 Å². The van der Waals surface area contributed by atoms with Crippen LogP contribution in [0.15, 0.2) is 84.9 Å². The number of aryl methyl sites for hydroxylation is 2. The first-order valence-corrected chi connectivity index (χ1v) is 12.5. The lowest BCUT2D eigenvalue weighted by atomic mass is 10.1. The highest BCUT2D eigenvalue weighted by molar-refractivity contribution is 6.08. The Morgan fingerprint density at radius 2 is 1.66 bits per heavy atom. The molecular formula is C30H29N5O3. The summed E-state index contributed by atoms with van der Waals surface area (Å²) >= 11 is 0. The molecule has 1 aliphatic rings. The quantitative estimate of drug-likeness (QED) is 0.379. The SMILES string of the molecule is Cc1cc(C)nc(Nc2cccc(C(=O)N3C[C@@H](C(=O)NCCc4ccccc4)Oc4ccccc43)c2)n1. The minimum atomic E-state index is -0.824. The fraction of sp³-hybridized carbons (Fsp3) is 0.200. The van der Waals surface area contributed by atoms with Gasteiger partial charge in [-0.05, 0) is 62.2 Å². The first-order chi connectivity index (χ1) is 18.5. The Hall–Kier alpha value is -4.72. The highest BCUT2D eigenvalue weighted by Crippen LogP contribution is 2.34. The Labute approximate surface area is 221 Å². The van der Waals surface area contributed by atoms with Gasteiger partial charge in [-0.15, -0.1) is 0 Å². The summed E-state index contributed by atoms with van der Waals surface area (Å²) in [5.74, 6) is 0.479. The van der Waals surface area contributed by atoms with Gasteiger partial charge in [0.15, 0.2) is 6.10 Å². The summed E-state index contributed by atoms with van der Waals surface area (Å²) < 4.78 is 6.00. The van der Waals surface area contributed by atoms with Crippen molar-refractivity contribution in [3.63, 3.8) is 0 Å². The van der Waals surface area contributed by atoms with Crippen molar-refractivity contribution in [3.05, 3.63) is 107 Å². The molecule has 0 aliphatic carbocycles. The monoisotopic (exact) mass is 507 g/mol. The summed E-state index contributed by atoms with van der Waals surface area (Å²) in [6.07, 6.45) is -0.114. The number of ether oxygens (including phenoxy) is 1. The fourth-order valence-electron chi connectivity index (χ4n) is 4.45. The van der Waals surface area contributed by atoms with E-state index in [4.69, 9.17) is 4.74 Å². The molecule has 192 valence electrons. The zero-order valence-corrected chi connectivity index (χ0v) is 21.3. The van der Waals surface area contributed by atoms with Gasteiger partial charge in [0.25, 0.3) is 11.8 Å². The summed E-state index contributed by atoms with van der Waals surface area (Å²) in [4.78, 5) is 37.2. The molecule has 2 N–H and O–H groups in total. The lowest BCUT2D eigenvalue weighted by Crippen LogP contribution is -2.51. The lowest BCUT2D eigenvalue weighted by molar-refractivity contribution is -0.127. The van der Waals surface area contributed by atoms with Crippen molar-refractivity contribution in [1.29, 1.82) is 0 Å². The van der Waals surface area contributed by atoms with E-state index in [2.05, 4.69) is 20.6 Å². The van der Waals surface area contributed by atoms with E-state index in [0.29, 0.717) is 41.6 Å². The Bertz CT molecular complexity index is 1440. The van der Waals surface area contributed by atoms with Gasteiger partial charge in [-0.3, -0.25) is 9.59 Å². The Morgan fingerprint density at radius 1 is 0.921 bits per heavy atom. The molecule has 0 saturated carbocycles. The number of nitrogens with zero attached hydrogens (tertiary/aromatic N) is 3. The summed E-state index contributed by atoms with van der Waals surface area (Å²) in [6, 6.07) is 26.3. The summed E-state index contributed by atoms with van der Waals surface area (Å²) in [7, 11) is 0. The second-order valence-electron chi connectivity index (χ2n) is 9.20. The molecule has 1 aromatic heterocycles. The van der Waals surface area contributed by atoms with E-state index in [-0.39, 0.29) is 18.4 Å². The zero-order chi connectivity index (χ0) is 26.5. The molecule has 4 aromatic rings. The Kier molecular flexibility index (Phi) is 7.31. The van der Waals surface area contributed by atoms with Crippen molar-refractivity contribution in [2.45, 2.75) is 26.4 Å². The molecule has 1 atom stereocenters. The summed E-state index contributed by atoms with van der Waals surface area (Å²) in [5, 5.41) is 6.14. The van der Waals surface area contributed by atoms with Gasteiger partial charge >= 0.3 is 0 Å². The number of nitrogens with one attached hydrogen (secondary N) is 2. The van der Waals surface area contributed by atoms with E-state index < -0.39 is 6.10 Å². The van der Waals surface area contributed by atoms with Crippen LogP contribution in [0.5, 0.6) is 5.75 Å². The second-order valence-corrected chi connectivity index (χ2v) is 9.20. The number of carbonyl (C=O) groups is 2. The summed E-state index contributed by atoms with van der Waals surface area (Å²) in [6.45, 7) is 4.39. The molecule has 2 amide bonds. The number of aromatic nitrogens is 2. The molecule has 0 radical (unpaired) electrons. The van der Waals surface area contributed by atoms with Crippen LogP contribution in [0, 0.1) is 13.8 Å². The van der Waals surface area contributed by atoms with Gasteiger partial charge in [0.1, 0.15) is 5.75 Å². The van der Waals surface area contributed by atoms with Gasteiger partial charge < -0.3 is 20.3 Å². The smallest absolute Gasteiger partial charge is 0.262 e. The predicted octanol–water partition coefficient (Wildman–Crippen LogP) is 4.60. The lowest BCUT2D eigenvalue weighted by Gasteiger charge is -2.34. The molecule has 3 aromatic carbocycles. The van der Waals surface area contributed by atoms with Crippen LogP contribution >= 0.6 is 0 Å². The molecule has 0 fully saturated rings. The minimum absolute atomic E-state index is 0.102. The largest absolute Gasteiger partial charge is 0.477 e. The number of carbonyl (C=O) groups excluding carboxylic acids is 2. The Balaban J connectivity index is 1.32. The van der Waals surface area contributed by atoms with Crippen molar-refractivity contribution in [3.8, 4) is 5.75 Å². The van der Waals surface area contributed by atoms with E-state index >= 15 is 0 Å². The van der Waals surface area contributed by atoms with E-state index in [1.807, 2.05) is 74.5 Å². The number of para-hydroxylation sites is 2. The number of hydrogen-bond donors (Lipinski definition) is 2. The topological polar surface area (TPSA) is 96.5 Å². The van der Waals surface area contributed by atoms with Crippen LogP contribution in [0.4, 0.5) is 17.3 Å². The number of fused-ring (bicyclic) bond motifs is 1.